The number of hydrogen-bond donors (Lipinski definition) is 2. The van der Waals surface area contributed by atoms with Crippen LogP contribution in [0, 0.1) is 6.92 Å². The van der Waals surface area contributed by atoms with Gasteiger partial charge in [0.05, 0.1) is 11.1 Å². The van der Waals surface area contributed by atoms with Crippen molar-refractivity contribution in [2.24, 2.45) is 5.73 Å². The van der Waals surface area contributed by atoms with E-state index in [1.165, 1.54) is 0 Å². The van der Waals surface area contributed by atoms with Crippen LogP contribution in [-0.2, 0) is 6.42 Å². The molecule has 5 heteroatoms. The third kappa shape index (κ3) is 2.17. The zero-order chi connectivity index (χ0) is 13.3. The lowest BCUT2D eigenvalue weighted by Gasteiger charge is -2.09. The van der Waals surface area contributed by atoms with Gasteiger partial charge in [-0.05, 0) is 31.2 Å². The van der Waals surface area contributed by atoms with E-state index >= 15 is 0 Å². The largest absolute Gasteiger partial charge is 0.478 e. The van der Waals surface area contributed by atoms with E-state index in [1.54, 1.807) is 18.2 Å². The highest BCUT2D eigenvalue weighted by Crippen LogP contribution is 2.27. The summed E-state index contributed by atoms with van der Waals surface area (Å²) in [5.41, 5.74) is 7.82. The first-order valence-corrected chi connectivity index (χ1v) is 5.94. The Morgan fingerprint density at radius 1 is 1.50 bits per heavy atom. The number of nitrogens with zero attached hydrogens (tertiary/aromatic N) is 1. The van der Waals surface area contributed by atoms with E-state index in [9.17, 15) is 9.90 Å². The second kappa shape index (κ2) is 4.92. The van der Waals surface area contributed by atoms with Crippen molar-refractivity contribution in [2.75, 3.05) is 6.54 Å². The molecule has 0 unspecified atom stereocenters. The van der Waals surface area contributed by atoms with Crippen molar-refractivity contribution < 1.29 is 9.90 Å². The van der Waals surface area contributed by atoms with Gasteiger partial charge in [-0.2, -0.15) is 0 Å². The van der Waals surface area contributed by atoms with Gasteiger partial charge in [-0.1, -0.05) is 17.7 Å². The number of benzene rings is 1. The lowest BCUT2D eigenvalue weighted by atomic mass is 10.0. The maximum Gasteiger partial charge on any atom is 0.336 e. The summed E-state index contributed by atoms with van der Waals surface area (Å²) in [6.07, 6.45) is 0.544. The SMILES string of the molecule is Cc1c(Cl)ccc2c(C(=O)O)cc(CCN)nc12. The molecule has 94 valence electrons. The highest BCUT2D eigenvalue weighted by atomic mass is 35.5. The predicted molar refractivity (Wildman–Crippen MR) is 71.2 cm³/mol. The van der Waals surface area contributed by atoms with Crippen molar-refractivity contribution in [3.63, 3.8) is 0 Å². The first-order chi connectivity index (χ1) is 8.54. The summed E-state index contributed by atoms with van der Waals surface area (Å²) in [7, 11) is 0. The molecule has 1 aromatic carbocycles. The van der Waals surface area contributed by atoms with Gasteiger partial charge in [0.2, 0.25) is 0 Å². The molecule has 0 aliphatic heterocycles. The van der Waals surface area contributed by atoms with Crippen LogP contribution in [0.3, 0.4) is 0 Å². The van der Waals surface area contributed by atoms with E-state index in [-0.39, 0.29) is 5.56 Å². The van der Waals surface area contributed by atoms with Gasteiger partial charge in [-0.15, -0.1) is 0 Å². The molecule has 4 nitrogen and oxygen atoms in total. The molecule has 0 spiro atoms. The lowest BCUT2D eigenvalue weighted by Crippen LogP contribution is -2.08. The Morgan fingerprint density at radius 2 is 2.22 bits per heavy atom. The standard InChI is InChI=1S/C13H13ClN2O2/c1-7-11(14)3-2-9-10(13(17)18)6-8(4-5-15)16-12(7)9/h2-3,6H,4-5,15H2,1H3,(H,17,18). The first kappa shape index (κ1) is 12.8. The van der Waals surface area contributed by atoms with Crippen LogP contribution in [0.4, 0.5) is 0 Å². The van der Waals surface area contributed by atoms with Crippen LogP contribution in [0.1, 0.15) is 21.6 Å². The molecular formula is C13H13ClN2O2. The Morgan fingerprint density at radius 3 is 2.83 bits per heavy atom. The van der Waals surface area contributed by atoms with Crippen molar-refractivity contribution in [1.82, 2.24) is 4.98 Å². The van der Waals surface area contributed by atoms with Crippen LogP contribution in [0.2, 0.25) is 5.02 Å². The Balaban J connectivity index is 2.81. The minimum Gasteiger partial charge on any atom is -0.478 e. The maximum absolute atomic E-state index is 11.3. The number of hydrogen-bond acceptors (Lipinski definition) is 3. The molecule has 0 fully saturated rings. The average Bonchev–Trinajstić information content (AvgIpc) is 2.34. The summed E-state index contributed by atoms with van der Waals surface area (Å²) >= 11 is 6.04. The predicted octanol–water partition coefficient (Wildman–Crippen LogP) is 2.40. The van der Waals surface area contributed by atoms with E-state index in [1.807, 2.05) is 6.92 Å². The molecule has 0 amide bonds. The number of aromatic carboxylic acids is 1. The van der Waals surface area contributed by atoms with Crippen LogP contribution in [0.25, 0.3) is 10.9 Å². The first-order valence-electron chi connectivity index (χ1n) is 5.56. The van der Waals surface area contributed by atoms with Crippen molar-refractivity contribution in [1.29, 1.82) is 0 Å². The van der Waals surface area contributed by atoms with Gasteiger partial charge in [0.1, 0.15) is 0 Å². The summed E-state index contributed by atoms with van der Waals surface area (Å²) in [6.45, 7) is 2.26. The normalized spacial score (nSPS) is 10.8. The van der Waals surface area contributed by atoms with Gasteiger partial charge >= 0.3 is 5.97 Å². The number of fused-ring (bicyclic) bond motifs is 1. The molecule has 1 heterocycles. The number of pyridine rings is 1. The Bertz CT molecular complexity index is 626. The topological polar surface area (TPSA) is 76.2 Å². The van der Waals surface area contributed by atoms with Gasteiger partial charge in [-0.3, -0.25) is 4.98 Å². The number of carboxylic acids is 1. The molecule has 0 aliphatic carbocycles. The molecule has 0 saturated carbocycles. The number of nitrogens with two attached hydrogens (primary N) is 1. The summed E-state index contributed by atoms with van der Waals surface area (Å²) in [5.74, 6) is -0.970. The number of aryl methyl sites for hydroxylation is 1. The van der Waals surface area contributed by atoms with Crippen LogP contribution in [-0.4, -0.2) is 22.6 Å². The van der Waals surface area contributed by atoms with E-state index in [0.717, 1.165) is 5.56 Å². The average molecular weight is 265 g/mol. The van der Waals surface area contributed by atoms with Crippen LogP contribution >= 0.6 is 11.6 Å². The van der Waals surface area contributed by atoms with E-state index in [2.05, 4.69) is 4.98 Å². The highest BCUT2D eigenvalue weighted by Gasteiger charge is 2.14. The van der Waals surface area contributed by atoms with Crippen molar-refractivity contribution in [3.8, 4) is 0 Å². The number of carbonyl (C=O) groups is 1. The summed E-state index contributed by atoms with van der Waals surface area (Å²) in [5, 5.41) is 10.4. The van der Waals surface area contributed by atoms with Crippen molar-refractivity contribution in [2.45, 2.75) is 13.3 Å². The van der Waals surface area contributed by atoms with Crippen LogP contribution in [0.5, 0.6) is 0 Å². The lowest BCUT2D eigenvalue weighted by molar-refractivity contribution is 0.0699. The molecule has 2 aromatic rings. The Kier molecular flexibility index (Phi) is 3.50. The Hall–Kier alpha value is -1.65. The van der Waals surface area contributed by atoms with Gasteiger partial charge < -0.3 is 10.8 Å². The second-order valence-electron chi connectivity index (χ2n) is 4.07. The summed E-state index contributed by atoms with van der Waals surface area (Å²) in [4.78, 5) is 15.7. The second-order valence-corrected chi connectivity index (χ2v) is 4.48. The number of halogens is 1. The third-order valence-electron chi connectivity index (χ3n) is 2.85. The fourth-order valence-electron chi connectivity index (χ4n) is 1.91. The van der Waals surface area contributed by atoms with Gasteiger partial charge in [-0.25, -0.2) is 4.79 Å². The summed E-state index contributed by atoms with van der Waals surface area (Å²) in [6, 6.07) is 4.95. The highest BCUT2D eigenvalue weighted by molar-refractivity contribution is 6.32. The Labute approximate surface area is 109 Å². The van der Waals surface area contributed by atoms with Crippen LogP contribution in [0.15, 0.2) is 18.2 Å². The maximum atomic E-state index is 11.3. The van der Waals surface area contributed by atoms with Gasteiger partial charge in [0.15, 0.2) is 0 Å². The molecule has 2 rings (SSSR count). The summed E-state index contributed by atoms with van der Waals surface area (Å²) < 4.78 is 0. The fourth-order valence-corrected chi connectivity index (χ4v) is 2.06. The van der Waals surface area contributed by atoms with Crippen LogP contribution < -0.4 is 5.73 Å². The quantitative estimate of drug-likeness (QED) is 0.892. The molecule has 0 radical (unpaired) electrons. The zero-order valence-electron chi connectivity index (χ0n) is 9.90. The molecule has 18 heavy (non-hydrogen) atoms. The number of aromatic nitrogens is 1. The zero-order valence-corrected chi connectivity index (χ0v) is 10.7. The molecule has 3 N–H and O–H groups in total. The van der Waals surface area contributed by atoms with E-state index in [4.69, 9.17) is 17.3 Å². The molecule has 0 atom stereocenters. The van der Waals surface area contributed by atoms with Crippen molar-refractivity contribution >= 4 is 28.5 Å². The monoisotopic (exact) mass is 264 g/mol. The fraction of sp³-hybridized carbons (Fsp3) is 0.231. The molecular weight excluding hydrogens is 252 g/mol. The van der Waals surface area contributed by atoms with Crippen molar-refractivity contribution in [3.05, 3.63) is 40.0 Å². The molecule has 0 saturated heterocycles. The minimum atomic E-state index is -0.970. The minimum absolute atomic E-state index is 0.239. The smallest absolute Gasteiger partial charge is 0.336 e. The van der Waals surface area contributed by atoms with E-state index < -0.39 is 5.97 Å². The molecule has 0 bridgehead atoms. The molecule has 1 aromatic heterocycles. The molecule has 0 aliphatic rings. The number of rotatable bonds is 3. The van der Waals surface area contributed by atoms with E-state index in [0.29, 0.717) is 34.6 Å². The van der Waals surface area contributed by atoms with Gasteiger partial charge in [0.25, 0.3) is 0 Å². The van der Waals surface area contributed by atoms with Gasteiger partial charge in [0, 0.05) is 22.5 Å². The third-order valence-corrected chi connectivity index (χ3v) is 3.26. The number of carboxylic acid groups (broad SMARTS) is 1.